The van der Waals surface area contributed by atoms with Gasteiger partial charge >= 0.3 is 0 Å². The van der Waals surface area contributed by atoms with Crippen LogP contribution in [0.4, 0.5) is 0 Å². The van der Waals surface area contributed by atoms with Gasteiger partial charge in [-0.2, -0.15) is 0 Å². The Morgan fingerprint density at radius 1 is 1.05 bits per heavy atom. The first kappa shape index (κ1) is 15.5. The lowest BCUT2D eigenvalue weighted by atomic mass is 9.92. The molecule has 0 spiro atoms. The van der Waals surface area contributed by atoms with Crippen LogP contribution in [0.2, 0.25) is 0 Å². The molecule has 2 heteroatoms. The van der Waals surface area contributed by atoms with Crippen molar-refractivity contribution in [1.82, 2.24) is 4.90 Å². The van der Waals surface area contributed by atoms with E-state index < -0.39 is 0 Å². The van der Waals surface area contributed by atoms with Gasteiger partial charge in [-0.15, -0.1) is 0 Å². The lowest BCUT2D eigenvalue weighted by molar-refractivity contribution is 0.0310. The van der Waals surface area contributed by atoms with E-state index in [0.717, 1.165) is 32.2 Å². The number of aryl methyl sites for hydroxylation is 1. The molecule has 1 fully saturated rings. The van der Waals surface area contributed by atoms with E-state index in [-0.39, 0.29) is 0 Å². The molecular weight excluding hydrogens is 246 g/mol. The zero-order valence-electron chi connectivity index (χ0n) is 13.3. The first-order valence-corrected chi connectivity index (χ1v) is 8.02. The van der Waals surface area contributed by atoms with E-state index >= 15 is 0 Å². The molecule has 0 bridgehead atoms. The molecule has 0 radical (unpaired) electrons. The number of benzene rings is 1. The number of ether oxygens (including phenoxy) is 1. The maximum atomic E-state index is 5.41. The van der Waals surface area contributed by atoms with E-state index in [0.29, 0.717) is 5.92 Å². The third kappa shape index (κ3) is 4.92. The molecule has 0 amide bonds. The summed E-state index contributed by atoms with van der Waals surface area (Å²) in [6.07, 6.45) is 2.60. The standard InChI is InChI=1S/C18H29NO/c1-15-5-8-18(9-6-15)17(3)7-4-16(2)14-19-10-12-20-13-11-19/h5-6,8-9,16-17H,4,7,10-14H2,1-3H3. The van der Waals surface area contributed by atoms with Crippen LogP contribution in [0.1, 0.15) is 43.7 Å². The van der Waals surface area contributed by atoms with Gasteiger partial charge in [-0.25, -0.2) is 0 Å². The Hall–Kier alpha value is -0.860. The van der Waals surface area contributed by atoms with Crippen LogP contribution in [0, 0.1) is 12.8 Å². The van der Waals surface area contributed by atoms with Crippen LogP contribution >= 0.6 is 0 Å². The molecule has 1 aromatic carbocycles. The largest absolute Gasteiger partial charge is 0.379 e. The molecule has 1 aliphatic rings. The summed E-state index contributed by atoms with van der Waals surface area (Å²) in [5, 5.41) is 0. The monoisotopic (exact) mass is 275 g/mol. The van der Waals surface area contributed by atoms with Gasteiger partial charge in [0.2, 0.25) is 0 Å². The van der Waals surface area contributed by atoms with E-state index in [2.05, 4.69) is 49.9 Å². The third-order valence-corrected chi connectivity index (χ3v) is 4.41. The normalized spacial score (nSPS) is 19.8. The topological polar surface area (TPSA) is 12.5 Å². The predicted octanol–water partition coefficient (Wildman–Crippen LogP) is 3.85. The van der Waals surface area contributed by atoms with Crippen molar-refractivity contribution in [2.75, 3.05) is 32.8 Å². The summed E-state index contributed by atoms with van der Waals surface area (Å²) in [5.74, 6) is 1.45. The molecule has 20 heavy (non-hydrogen) atoms. The van der Waals surface area contributed by atoms with E-state index in [1.165, 1.54) is 30.5 Å². The Kier molecular flexibility index (Phi) is 6.06. The molecule has 0 aliphatic carbocycles. The summed E-state index contributed by atoms with van der Waals surface area (Å²) in [6, 6.07) is 9.02. The van der Waals surface area contributed by atoms with Gasteiger partial charge in [0.1, 0.15) is 0 Å². The Morgan fingerprint density at radius 2 is 1.70 bits per heavy atom. The van der Waals surface area contributed by atoms with E-state index in [9.17, 15) is 0 Å². The second-order valence-electron chi connectivity index (χ2n) is 6.41. The molecule has 1 saturated heterocycles. The van der Waals surface area contributed by atoms with Gasteiger partial charge in [-0.05, 0) is 37.2 Å². The first-order valence-electron chi connectivity index (χ1n) is 8.02. The minimum atomic E-state index is 0.669. The number of hydrogen-bond donors (Lipinski definition) is 0. The number of morpholine rings is 1. The molecule has 1 heterocycles. The highest BCUT2D eigenvalue weighted by Gasteiger charge is 2.14. The van der Waals surface area contributed by atoms with Gasteiger partial charge in [0.25, 0.3) is 0 Å². The van der Waals surface area contributed by atoms with Gasteiger partial charge in [0, 0.05) is 19.6 Å². The first-order chi connectivity index (χ1) is 9.65. The molecule has 0 aromatic heterocycles. The fraction of sp³-hybridized carbons (Fsp3) is 0.667. The summed E-state index contributed by atoms with van der Waals surface area (Å²) in [4.78, 5) is 2.55. The van der Waals surface area contributed by atoms with Gasteiger partial charge in [0.05, 0.1) is 13.2 Å². The average molecular weight is 275 g/mol. The number of rotatable bonds is 6. The van der Waals surface area contributed by atoms with Crippen molar-refractivity contribution in [3.05, 3.63) is 35.4 Å². The quantitative estimate of drug-likeness (QED) is 0.782. The molecule has 1 aliphatic heterocycles. The van der Waals surface area contributed by atoms with Crippen LogP contribution in [0.5, 0.6) is 0 Å². The van der Waals surface area contributed by atoms with Crippen LogP contribution in [0.3, 0.4) is 0 Å². The van der Waals surface area contributed by atoms with Crippen molar-refractivity contribution in [3.63, 3.8) is 0 Å². The van der Waals surface area contributed by atoms with Crippen molar-refractivity contribution >= 4 is 0 Å². The lowest BCUT2D eigenvalue weighted by Crippen LogP contribution is -2.38. The van der Waals surface area contributed by atoms with Crippen molar-refractivity contribution < 1.29 is 4.74 Å². The SMILES string of the molecule is Cc1ccc(C(C)CCC(C)CN2CCOCC2)cc1. The lowest BCUT2D eigenvalue weighted by Gasteiger charge is -2.29. The maximum absolute atomic E-state index is 5.41. The van der Waals surface area contributed by atoms with E-state index in [1.54, 1.807) is 0 Å². The van der Waals surface area contributed by atoms with Crippen molar-refractivity contribution in [2.45, 2.75) is 39.5 Å². The second-order valence-corrected chi connectivity index (χ2v) is 6.41. The molecule has 2 unspecified atom stereocenters. The molecule has 0 saturated carbocycles. The van der Waals surface area contributed by atoms with E-state index in [1.807, 2.05) is 0 Å². The minimum Gasteiger partial charge on any atom is -0.379 e. The molecule has 2 rings (SSSR count). The Balaban J connectivity index is 1.71. The zero-order valence-corrected chi connectivity index (χ0v) is 13.3. The number of nitrogens with zero attached hydrogens (tertiary/aromatic N) is 1. The van der Waals surface area contributed by atoms with Gasteiger partial charge in [0.15, 0.2) is 0 Å². The highest BCUT2D eigenvalue weighted by molar-refractivity contribution is 5.23. The minimum absolute atomic E-state index is 0.669. The summed E-state index contributed by atoms with van der Waals surface area (Å²) in [6.45, 7) is 12.2. The van der Waals surface area contributed by atoms with E-state index in [4.69, 9.17) is 4.74 Å². The zero-order chi connectivity index (χ0) is 14.4. The fourth-order valence-electron chi connectivity index (χ4n) is 2.91. The van der Waals surface area contributed by atoms with Crippen molar-refractivity contribution in [1.29, 1.82) is 0 Å². The van der Waals surface area contributed by atoms with Crippen molar-refractivity contribution in [3.8, 4) is 0 Å². The highest BCUT2D eigenvalue weighted by atomic mass is 16.5. The second kappa shape index (κ2) is 7.80. The predicted molar refractivity (Wildman–Crippen MR) is 85.3 cm³/mol. The van der Waals surface area contributed by atoms with Crippen LogP contribution < -0.4 is 0 Å². The summed E-state index contributed by atoms with van der Waals surface area (Å²) < 4.78 is 5.41. The molecule has 2 atom stereocenters. The summed E-state index contributed by atoms with van der Waals surface area (Å²) in [5.41, 5.74) is 2.83. The van der Waals surface area contributed by atoms with Gasteiger partial charge in [-0.3, -0.25) is 4.90 Å². The van der Waals surface area contributed by atoms with Crippen LogP contribution in [-0.2, 0) is 4.74 Å². The van der Waals surface area contributed by atoms with Crippen LogP contribution in [0.15, 0.2) is 24.3 Å². The molecular formula is C18H29NO. The van der Waals surface area contributed by atoms with Gasteiger partial charge in [-0.1, -0.05) is 43.7 Å². The Bertz CT molecular complexity index is 381. The Labute approximate surface area is 124 Å². The summed E-state index contributed by atoms with van der Waals surface area (Å²) >= 11 is 0. The van der Waals surface area contributed by atoms with Gasteiger partial charge < -0.3 is 4.74 Å². The summed E-state index contributed by atoms with van der Waals surface area (Å²) in [7, 11) is 0. The molecule has 0 N–H and O–H groups in total. The third-order valence-electron chi connectivity index (χ3n) is 4.41. The molecule has 1 aromatic rings. The van der Waals surface area contributed by atoms with Crippen molar-refractivity contribution in [2.24, 2.45) is 5.92 Å². The maximum Gasteiger partial charge on any atom is 0.0594 e. The Morgan fingerprint density at radius 3 is 2.35 bits per heavy atom. The number of hydrogen-bond acceptors (Lipinski definition) is 2. The smallest absolute Gasteiger partial charge is 0.0594 e. The average Bonchev–Trinajstić information content (AvgIpc) is 2.46. The molecule has 112 valence electrons. The van der Waals surface area contributed by atoms with Crippen LogP contribution in [0.25, 0.3) is 0 Å². The van der Waals surface area contributed by atoms with Crippen LogP contribution in [-0.4, -0.2) is 37.7 Å². The fourth-order valence-corrected chi connectivity index (χ4v) is 2.91. The molecule has 2 nitrogen and oxygen atoms in total. The highest BCUT2D eigenvalue weighted by Crippen LogP contribution is 2.23.